The van der Waals surface area contributed by atoms with Crippen molar-refractivity contribution in [1.82, 2.24) is 9.78 Å². The molecule has 1 unspecified atom stereocenters. The molecule has 96 valence electrons. The lowest BCUT2D eigenvalue weighted by Crippen LogP contribution is -2.15. The summed E-state index contributed by atoms with van der Waals surface area (Å²) >= 11 is 0. The second kappa shape index (κ2) is 4.52. The first-order valence-corrected chi connectivity index (χ1v) is 6.40. The van der Waals surface area contributed by atoms with E-state index in [2.05, 4.69) is 35.4 Å². The van der Waals surface area contributed by atoms with E-state index in [0.717, 1.165) is 17.0 Å². The molecule has 19 heavy (non-hydrogen) atoms. The zero-order chi connectivity index (χ0) is 13.4. The summed E-state index contributed by atoms with van der Waals surface area (Å²) < 4.78 is 1.86. The van der Waals surface area contributed by atoms with Gasteiger partial charge in [-0.05, 0) is 35.4 Å². The third kappa shape index (κ3) is 2.13. The summed E-state index contributed by atoms with van der Waals surface area (Å²) in [4.78, 5) is 0. The first-order valence-electron chi connectivity index (χ1n) is 6.40. The number of fused-ring (bicyclic) bond motifs is 1. The van der Waals surface area contributed by atoms with E-state index in [9.17, 15) is 0 Å². The highest BCUT2D eigenvalue weighted by atomic mass is 15.3. The molecule has 3 rings (SSSR count). The highest BCUT2D eigenvalue weighted by Crippen LogP contribution is 2.23. The molecule has 3 nitrogen and oxygen atoms in total. The molecule has 0 fully saturated rings. The van der Waals surface area contributed by atoms with E-state index >= 15 is 0 Å². The van der Waals surface area contributed by atoms with Crippen LogP contribution < -0.4 is 5.73 Å². The van der Waals surface area contributed by atoms with Crippen LogP contribution in [0.2, 0.25) is 0 Å². The summed E-state index contributed by atoms with van der Waals surface area (Å²) in [6.07, 6.45) is 0. The molecule has 1 aromatic heterocycles. The minimum Gasteiger partial charge on any atom is -0.319 e. The Hall–Kier alpha value is -2.13. The quantitative estimate of drug-likeness (QED) is 0.761. The number of rotatable bonds is 2. The average Bonchev–Trinajstić information content (AvgIpc) is 2.76. The molecule has 0 saturated heterocycles. The van der Waals surface area contributed by atoms with Gasteiger partial charge >= 0.3 is 0 Å². The van der Waals surface area contributed by atoms with Crippen molar-refractivity contribution in [3.05, 3.63) is 65.5 Å². The molecule has 0 bridgehead atoms. The summed E-state index contributed by atoms with van der Waals surface area (Å²) in [6, 6.07) is 16.6. The maximum Gasteiger partial charge on any atom is 0.0723 e. The van der Waals surface area contributed by atoms with Crippen LogP contribution in [0.1, 0.15) is 23.0 Å². The Morgan fingerprint density at radius 3 is 2.47 bits per heavy atom. The van der Waals surface area contributed by atoms with Crippen molar-refractivity contribution in [2.24, 2.45) is 12.8 Å². The second-order valence-electron chi connectivity index (χ2n) is 4.92. The van der Waals surface area contributed by atoms with E-state index in [-0.39, 0.29) is 6.04 Å². The van der Waals surface area contributed by atoms with Gasteiger partial charge in [-0.3, -0.25) is 4.68 Å². The summed E-state index contributed by atoms with van der Waals surface area (Å²) in [5, 5.41) is 6.81. The Morgan fingerprint density at radius 1 is 1.05 bits per heavy atom. The van der Waals surface area contributed by atoms with E-state index in [1.807, 2.05) is 36.9 Å². The van der Waals surface area contributed by atoms with Crippen molar-refractivity contribution in [2.75, 3.05) is 0 Å². The van der Waals surface area contributed by atoms with Crippen LogP contribution in [0.25, 0.3) is 10.8 Å². The molecular formula is C16H17N3. The van der Waals surface area contributed by atoms with Gasteiger partial charge in [0, 0.05) is 7.05 Å². The summed E-state index contributed by atoms with van der Waals surface area (Å²) in [5.74, 6) is 0. The number of benzene rings is 2. The second-order valence-corrected chi connectivity index (χ2v) is 4.92. The standard InChI is InChI=1S/C16H17N3/c1-11-9-15(19(2)18-11)16(17)14-8-7-12-5-3-4-6-13(12)10-14/h3-10,16H,17H2,1-2H3. The molecular weight excluding hydrogens is 234 g/mol. The fraction of sp³-hybridized carbons (Fsp3) is 0.188. The van der Waals surface area contributed by atoms with E-state index in [1.54, 1.807) is 0 Å². The molecule has 1 heterocycles. The third-order valence-electron chi connectivity index (χ3n) is 3.49. The molecule has 0 aliphatic heterocycles. The van der Waals surface area contributed by atoms with Crippen molar-refractivity contribution in [2.45, 2.75) is 13.0 Å². The van der Waals surface area contributed by atoms with Crippen LogP contribution in [0, 0.1) is 6.92 Å². The van der Waals surface area contributed by atoms with Crippen molar-refractivity contribution in [3.8, 4) is 0 Å². The first kappa shape index (κ1) is 11.9. The van der Waals surface area contributed by atoms with Crippen LogP contribution in [0.15, 0.2) is 48.5 Å². The van der Waals surface area contributed by atoms with Gasteiger partial charge in [0.1, 0.15) is 0 Å². The monoisotopic (exact) mass is 251 g/mol. The number of nitrogens with zero attached hydrogens (tertiary/aromatic N) is 2. The molecule has 1 atom stereocenters. The number of nitrogens with two attached hydrogens (primary N) is 1. The van der Waals surface area contributed by atoms with E-state index in [0.29, 0.717) is 0 Å². The van der Waals surface area contributed by atoms with Gasteiger partial charge in [-0.15, -0.1) is 0 Å². The Balaban J connectivity index is 2.06. The molecule has 0 saturated carbocycles. The minimum absolute atomic E-state index is 0.143. The van der Waals surface area contributed by atoms with E-state index in [1.165, 1.54) is 10.8 Å². The summed E-state index contributed by atoms with van der Waals surface area (Å²) in [7, 11) is 1.93. The van der Waals surface area contributed by atoms with Gasteiger partial charge < -0.3 is 5.73 Å². The maximum absolute atomic E-state index is 6.36. The Kier molecular flexibility index (Phi) is 2.84. The van der Waals surface area contributed by atoms with Gasteiger partial charge in [0.25, 0.3) is 0 Å². The summed E-state index contributed by atoms with van der Waals surface area (Å²) in [5.41, 5.74) is 9.50. The largest absolute Gasteiger partial charge is 0.319 e. The Morgan fingerprint density at radius 2 is 1.79 bits per heavy atom. The number of aryl methyl sites for hydroxylation is 2. The zero-order valence-electron chi connectivity index (χ0n) is 11.2. The third-order valence-corrected chi connectivity index (χ3v) is 3.49. The number of aromatic nitrogens is 2. The van der Waals surface area contributed by atoms with Crippen LogP contribution in [0.5, 0.6) is 0 Å². The van der Waals surface area contributed by atoms with Crippen molar-refractivity contribution in [1.29, 1.82) is 0 Å². The molecule has 2 N–H and O–H groups in total. The van der Waals surface area contributed by atoms with Crippen LogP contribution >= 0.6 is 0 Å². The number of hydrogen-bond acceptors (Lipinski definition) is 2. The molecule has 3 aromatic rings. The van der Waals surface area contributed by atoms with Crippen LogP contribution in [-0.2, 0) is 7.05 Å². The van der Waals surface area contributed by atoms with Crippen molar-refractivity contribution < 1.29 is 0 Å². The molecule has 0 amide bonds. The lowest BCUT2D eigenvalue weighted by Gasteiger charge is -2.13. The average molecular weight is 251 g/mol. The topological polar surface area (TPSA) is 43.8 Å². The fourth-order valence-corrected chi connectivity index (χ4v) is 2.49. The number of hydrogen-bond donors (Lipinski definition) is 1. The SMILES string of the molecule is Cc1cc(C(N)c2ccc3ccccc3c2)n(C)n1. The Bertz CT molecular complexity index is 728. The van der Waals surface area contributed by atoms with Crippen LogP contribution in [0.3, 0.4) is 0 Å². The van der Waals surface area contributed by atoms with E-state index < -0.39 is 0 Å². The lowest BCUT2D eigenvalue weighted by molar-refractivity contribution is 0.669. The predicted molar refractivity (Wildman–Crippen MR) is 77.9 cm³/mol. The molecule has 2 aromatic carbocycles. The van der Waals surface area contributed by atoms with Crippen LogP contribution in [0.4, 0.5) is 0 Å². The first-order chi connectivity index (χ1) is 9.15. The van der Waals surface area contributed by atoms with Gasteiger partial charge in [-0.1, -0.05) is 36.4 Å². The zero-order valence-corrected chi connectivity index (χ0v) is 11.2. The lowest BCUT2D eigenvalue weighted by atomic mass is 10.0. The van der Waals surface area contributed by atoms with Gasteiger partial charge in [0.2, 0.25) is 0 Å². The van der Waals surface area contributed by atoms with Crippen molar-refractivity contribution >= 4 is 10.8 Å². The van der Waals surface area contributed by atoms with Gasteiger partial charge in [0.15, 0.2) is 0 Å². The van der Waals surface area contributed by atoms with Gasteiger partial charge in [0.05, 0.1) is 17.4 Å². The predicted octanol–water partition coefficient (Wildman–Crippen LogP) is 2.93. The highest BCUT2D eigenvalue weighted by Gasteiger charge is 2.14. The molecule has 0 aliphatic rings. The van der Waals surface area contributed by atoms with Gasteiger partial charge in [-0.25, -0.2) is 0 Å². The maximum atomic E-state index is 6.36. The molecule has 0 spiro atoms. The fourth-order valence-electron chi connectivity index (χ4n) is 2.49. The van der Waals surface area contributed by atoms with Crippen LogP contribution in [-0.4, -0.2) is 9.78 Å². The molecule has 3 heteroatoms. The smallest absolute Gasteiger partial charge is 0.0723 e. The normalized spacial score (nSPS) is 12.8. The molecule has 0 aliphatic carbocycles. The minimum atomic E-state index is -0.143. The highest BCUT2D eigenvalue weighted by molar-refractivity contribution is 5.83. The molecule has 0 radical (unpaired) electrons. The van der Waals surface area contributed by atoms with E-state index in [4.69, 9.17) is 5.73 Å². The summed E-state index contributed by atoms with van der Waals surface area (Å²) in [6.45, 7) is 1.98. The van der Waals surface area contributed by atoms with Gasteiger partial charge in [-0.2, -0.15) is 5.10 Å². The Labute approximate surface area is 112 Å². The van der Waals surface area contributed by atoms with Crippen molar-refractivity contribution in [3.63, 3.8) is 0 Å².